The first kappa shape index (κ1) is 14.2. The molecule has 1 aromatic carbocycles. The van der Waals surface area contributed by atoms with Gasteiger partial charge in [0.05, 0.1) is 13.2 Å². The van der Waals surface area contributed by atoms with Crippen molar-refractivity contribution >= 4 is 28.9 Å². The number of hydrogen-bond donors (Lipinski definition) is 1. The van der Waals surface area contributed by atoms with Gasteiger partial charge in [0.25, 0.3) is 0 Å². The first-order chi connectivity index (χ1) is 9.08. The third-order valence-corrected chi connectivity index (χ3v) is 3.39. The summed E-state index contributed by atoms with van der Waals surface area (Å²) < 4.78 is 5.36. The normalized spacial score (nSPS) is 17.1. The van der Waals surface area contributed by atoms with E-state index in [9.17, 15) is 4.79 Å². The zero-order chi connectivity index (χ0) is 13.8. The maximum atomic E-state index is 11.6. The largest absolute Gasteiger partial charge is 0.378 e. The molecule has 1 atom stereocenters. The number of carbonyl (C=O) groups excluding carboxylic acids is 1. The minimum absolute atomic E-state index is 0.182. The van der Waals surface area contributed by atoms with Crippen molar-refractivity contribution in [3.8, 4) is 0 Å². The van der Waals surface area contributed by atoms with Crippen LogP contribution in [-0.2, 0) is 9.53 Å². The molecule has 0 aromatic heterocycles. The predicted molar refractivity (Wildman–Crippen MR) is 78.2 cm³/mol. The molecule has 0 saturated carbocycles. The van der Waals surface area contributed by atoms with Crippen LogP contribution in [0.5, 0.6) is 0 Å². The number of nitrogens with zero attached hydrogens (tertiary/aromatic N) is 1. The lowest BCUT2D eigenvalue weighted by atomic mass is 10.1. The molecule has 1 amide bonds. The second-order valence-electron chi connectivity index (χ2n) is 4.71. The highest BCUT2D eigenvalue weighted by Gasteiger charge is 2.15. The summed E-state index contributed by atoms with van der Waals surface area (Å²) in [7, 11) is 0. The van der Waals surface area contributed by atoms with Gasteiger partial charge in [0.15, 0.2) is 0 Å². The lowest BCUT2D eigenvalue weighted by Crippen LogP contribution is -2.36. The molecule has 0 radical (unpaired) electrons. The van der Waals surface area contributed by atoms with E-state index in [-0.39, 0.29) is 5.91 Å². The summed E-state index contributed by atoms with van der Waals surface area (Å²) in [6.45, 7) is 6.98. The molecule has 2 rings (SSSR count). The van der Waals surface area contributed by atoms with Crippen molar-refractivity contribution in [1.29, 1.82) is 0 Å². The van der Waals surface area contributed by atoms with Crippen LogP contribution in [-0.4, -0.2) is 37.6 Å². The van der Waals surface area contributed by atoms with E-state index >= 15 is 0 Å². The number of halogens is 1. The van der Waals surface area contributed by atoms with Crippen LogP contribution in [0.1, 0.15) is 12.5 Å². The average Bonchev–Trinajstić information content (AvgIpc) is 2.41. The minimum Gasteiger partial charge on any atom is -0.378 e. The van der Waals surface area contributed by atoms with Crippen LogP contribution in [0.3, 0.4) is 0 Å². The van der Waals surface area contributed by atoms with E-state index < -0.39 is 5.38 Å². The molecule has 1 fully saturated rings. The van der Waals surface area contributed by atoms with Gasteiger partial charge in [0, 0.05) is 24.5 Å². The Labute approximate surface area is 118 Å². The molecule has 1 aliphatic rings. The molecule has 1 aromatic rings. The molecule has 0 spiro atoms. The third kappa shape index (κ3) is 3.61. The summed E-state index contributed by atoms with van der Waals surface area (Å²) in [6, 6.07) is 5.91. The van der Waals surface area contributed by atoms with Gasteiger partial charge in [-0.25, -0.2) is 0 Å². The Kier molecular flexibility index (Phi) is 4.66. The van der Waals surface area contributed by atoms with E-state index in [4.69, 9.17) is 16.3 Å². The zero-order valence-electron chi connectivity index (χ0n) is 11.3. The highest BCUT2D eigenvalue weighted by molar-refractivity contribution is 6.32. The maximum absolute atomic E-state index is 11.6. The molecule has 1 N–H and O–H groups in total. The van der Waals surface area contributed by atoms with E-state index in [0.29, 0.717) is 0 Å². The number of aryl methyl sites for hydroxylation is 1. The van der Waals surface area contributed by atoms with Gasteiger partial charge in [-0.15, -0.1) is 11.6 Å². The third-order valence-electron chi connectivity index (χ3n) is 3.19. The number of rotatable bonds is 3. The van der Waals surface area contributed by atoms with Crippen molar-refractivity contribution in [2.24, 2.45) is 0 Å². The van der Waals surface area contributed by atoms with Crippen LogP contribution < -0.4 is 10.2 Å². The fraction of sp³-hybridized carbons (Fsp3) is 0.500. The van der Waals surface area contributed by atoms with Gasteiger partial charge in [-0.3, -0.25) is 4.79 Å². The Morgan fingerprint density at radius 1 is 1.42 bits per heavy atom. The number of ether oxygens (including phenoxy) is 1. The molecular weight excluding hydrogens is 264 g/mol. The topological polar surface area (TPSA) is 41.6 Å². The van der Waals surface area contributed by atoms with E-state index in [1.54, 1.807) is 6.92 Å². The van der Waals surface area contributed by atoms with Crippen molar-refractivity contribution in [1.82, 2.24) is 0 Å². The number of anilines is 2. The van der Waals surface area contributed by atoms with Gasteiger partial charge in [-0.05, 0) is 31.5 Å². The summed E-state index contributed by atoms with van der Waals surface area (Å²) in [4.78, 5) is 13.9. The predicted octanol–water partition coefficient (Wildman–Crippen LogP) is 2.40. The number of hydrogen-bond acceptors (Lipinski definition) is 3. The number of nitrogens with one attached hydrogen (secondary N) is 1. The van der Waals surface area contributed by atoms with Crippen LogP contribution in [0.2, 0.25) is 0 Å². The molecule has 5 heteroatoms. The summed E-state index contributed by atoms with van der Waals surface area (Å²) >= 11 is 5.76. The fourth-order valence-corrected chi connectivity index (χ4v) is 2.13. The number of benzene rings is 1. The van der Waals surface area contributed by atoms with Gasteiger partial charge < -0.3 is 15.0 Å². The van der Waals surface area contributed by atoms with Crippen LogP contribution in [0, 0.1) is 6.92 Å². The van der Waals surface area contributed by atoms with Gasteiger partial charge >= 0.3 is 0 Å². The molecule has 19 heavy (non-hydrogen) atoms. The van der Waals surface area contributed by atoms with Crippen LogP contribution in [0.15, 0.2) is 18.2 Å². The Morgan fingerprint density at radius 2 is 2.11 bits per heavy atom. The smallest absolute Gasteiger partial charge is 0.242 e. The summed E-state index contributed by atoms with van der Waals surface area (Å²) in [5.41, 5.74) is 3.12. The lowest BCUT2D eigenvalue weighted by molar-refractivity contribution is -0.115. The second kappa shape index (κ2) is 6.26. The Hall–Kier alpha value is -1.26. The number of carbonyl (C=O) groups is 1. The minimum atomic E-state index is -0.534. The maximum Gasteiger partial charge on any atom is 0.242 e. The first-order valence-electron chi connectivity index (χ1n) is 6.46. The number of alkyl halides is 1. The van der Waals surface area contributed by atoms with Crippen LogP contribution in [0.25, 0.3) is 0 Å². The van der Waals surface area contributed by atoms with E-state index in [1.807, 2.05) is 18.2 Å². The van der Waals surface area contributed by atoms with E-state index in [0.717, 1.165) is 37.7 Å². The second-order valence-corrected chi connectivity index (χ2v) is 5.36. The van der Waals surface area contributed by atoms with Crippen LogP contribution >= 0.6 is 11.6 Å². The number of morpholine rings is 1. The molecule has 1 aliphatic heterocycles. The average molecular weight is 283 g/mol. The lowest BCUT2D eigenvalue weighted by Gasteiger charge is -2.30. The molecule has 1 heterocycles. The highest BCUT2D eigenvalue weighted by Crippen LogP contribution is 2.25. The highest BCUT2D eigenvalue weighted by atomic mass is 35.5. The van der Waals surface area contributed by atoms with Gasteiger partial charge in [-0.1, -0.05) is 6.07 Å². The van der Waals surface area contributed by atoms with Gasteiger partial charge in [0.1, 0.15) is 5.38 Å². The van der Waals surface area contributed by atoms with E-state index in [1.165, 1.54) is 5.56 Å². The summed E-state index contributed by atoms with van der Waals surface area (Å²) in [5.74, 6) is -0.182. The Morgan fingerprint density at radius 3 is 2.74 bits per heavy atom. The Bertz CT molecular complexity index is 457. The molecule has 4 nitrogen and oxygen atoms in total. The zero-order valence-corrected chi connectivity index (χ0v) is 12.0. The van der Waals surface area contributed by atoms with Crippen molar-refractivity contribution in [3.05, 3.63) is 23.8 Å². The Balaban J connectivity index is 2.16. The summed E-state index contributed by atoms with van der Waals surface area (Å²) in [6.07, 6.45) is 0. The monoisotopic (exact) mass is 282 g/mol. The van der Waals surface area contributed by atoms with Gasteiger partial charge in [0.2, 0.25) is 5.91 Å². The van der Waals surface area contributed by atoms with Crippen molar-refractivity contribution in [2.45, 2.75) is 19.2 Å². The SMILES string of the molecule is Cc1ccc(NC(=O)[C@H](C)Cl)cc1N1CCOCC1. The summed E-state index contributed by atoms with van der Waals surface area (Å²) in [5, 5.41) is 2.29. The molecule has 0 unspecified atom stereocenters. The molecular formula is C14H19ClN2O2. The molecule has 1 saturated heterocycles. The van der Waals surface area contributed by atoms with E-state index in [2.05, 4.69) is 17.1 Å². The molecule has 0 bridgehead atoms. The van der Waals surface area contributed by atoms with Crippen molar-refractivity contribution < 1.29 is 9.53 Å². The van der Waals surface area contributed by atoms with Crippen molar-refractivity contribution in [3.63, 3.8) is 0 Å². The van der Waals surface area contributed by atoms with Crippen LogP contribution in [0.4, 0.5) is 11.4 Å². The standard InChI is InChI=1S/C14H19ClN2O2/c1-10-3-4-12(16-14(18)11(2)15)9-13(10)17-5-7-19-8-6-17/h3-4,9,11H,5-8H2,1-2H3,(H,16,18)/t11-/m0/s1. The van der Waals surface area contributed by atoms with Gasteiger partial charge in [-0.2, -0.15) is 0 Å². The first-order valence-corrected chi connectivity index (χ1v) is 6.90. The molecule has 104 valence electrons. The number of amides is 1. The van der Waals surface area contributed by atoms with Crippen molar-refractivity contribution in [2.75, 3.05) is 36.5 Å². The quantitative estimate of drug-likeness (QED) is 0.866. The molecule has 0 aliphatic carbocycles. The fourth-order valence-electron chi connectivity index (χ4n) is 2.07.